The molecular formula is C16H26ClNO. The zero-order valence-electron chi connectivity index (χ0n) is 12.5. The number of halogens is 1. The largest absolute Gasteiger partial charge is 0.490 e. The predicted octanol–water partition coefficient (Wildman–Crippen LogP) is 4.65. The molecule has 1 rings (SSSR count). The van der Waals surface area contributed by atoms with E-state index in [1.807, 2.05) is 18.2 Å². The van der Waals surface area contributed by atoms with Gasteiger partial charge in [0.2, 0.25) is 0 Å². The first-order valence-electron chi connectivity index (χ1n) is 7.19. The Bertz CT molecular complexity index is 379. The van der Waals surface area contributed by atoms with Crippen molar-refractivity contribution in [2.24, 2.45) is 5.92 Å². The van der Waals surface area contributed by atoms with E-state index in [4.69, 9.17) is 16.3 Å². The van der Waals surface area contributed by atoms with Crippen LogP contribution in [0.2, 0.25) is 5.02 Å². The Labute approximate surface area is 122 Å². The average Bonchev–Trinajstić information content (AvgIpc) is 2.32. The lowest BCUT2D eigenvalue weighted by atomic mass is 10.1. The Hall–Kier alpha value is -0.730. The molecule has 1 aromatic carbocycles. The quantitative estimate of drug-likeness (QED) is 0.750. The molecule has 0 radical (unpaired) electrons. The molecule has 108 valence electrons. The summed E-state index contributed by atoms with van der Waals surface area (Å²) in [5.41, 5.74) is 1.06. The molecule has 1 atom stereocenters. The van der Waals surface area contributed by atoms with Crippen LogP contribution in [-0.2, 0) is 6.54 Å². The highest BCUT2D eigenvalue weighted by Crippen LogP contribution is 2.27. The summed E-state index contributed by atoms with van der Waals surface area (Å²) in [6.07, 6.45) is 2.42. The summed E-state index contributed by atoms with van der Waals surface area (Å²) in [6.45, 7) is 10.4. The van der Waals surface area contributed by atoms with Crippen molar-refractivity contribution in [2.45, 2.75) is 53.2 Å². The zero-order chi connectivity index (χ0) is 14.3. The molecule has 0 amide bonds. The third-order valence-corrected chi connectivity index (χ3v) is 3.31. The Balaban J connectivity index is 2.71. The molecule has 0 aromatic heterocycles. The number of hydrogen-bond donors (Lipinski definition) is 1. The summed E-state index contributed by atoms with van der Waals surface area (Å²) in [5.74, 6) is 1.54. The lowest BCUT2D eigenvalue weighted by Crippen LogP contribution is -2.20. The standard InChI is InChI=1S/C16H26ClNO/c1-5-7-13(4)19-16-9-6-8-15(17)14(16)11-18-10-12(2)3/h6,8-9,12-13,18H,5,7,10-11H2,1-4H3. The summed E-state index contributed by atoms with van der Waals surface area (Å²) in [7, 11) is 0. The summed E-state index contributed by atoms with van der Waals surface area (Å²) >= 11 is 6.29. The molecule has 0 spiro atoms. The molecule has 0 fully saturated rings. The van der Waals surface area contributed by atoms with E-state index in [0.29, 0.717) is 5.92 Å². The number of hydrogen-bond acceptors (Lipinski definition) is 2. The molecule has 0 saturated carbocycles. The minimum atomic E-state index is 0.229. The van der Waals surface area contributed by atoms with Crippen molar-refractivity contribution in [3.05, 3.63) is 28.8 Å². The van der Waals surface area contributed by atoms with E-state index in [9.17, 15) is 0 Å². The molecule has 0 aliphatic carbocycles. The van der Waals surface area contributed by atoms with Crippen LogP contribution in [0.25, 0.3) is 0 Å². The van der Waals surface area contributed by atoms with Gasteiger partial charge in [-0.2, -0.15) is 0 Å². The van der Waals surface area contributed by atoms with Gasteiger partial charge in [0.1, 0.15) is 5.75 Å². The third-order valence-electron chi connectivity index (χ3n) is 2.95. The molecular weight excluding hydrogens is 258 g/mol. The topological polar surface area (TPSA) is 21.3 Å². The van der Waals surface area contributed by atoms with Crippen LogP contribution in [0.4, 0.5) is 0 Å². The van der Waals surface area contributed by atoms with Gasteiger partial charge in [-0.25, -0.2) is 0 Å². The van der Waals surface area contributed by atoms with Gasteiger partial charge in [-0.05, 0) is 37.9 Å². The molecule has 0 heterocycles. The van der Waals surface area contributed by atoms with Crippen molar-refractivity contribution >= 4 is 11.6 Å². The zero-order valence-corrected chi connectivity index (χ0v) is 13.3. The molecule has 0 bridgehead atoms. The SMILES string of the molecule is CCCC(C)Oc1cccc(Cl)c1CNCC(C)C. The van der Waals surface area contributed by atoms with Crippen LogP contribution in [0.1, 0.15) is 46.1 Å². The van der Waals surface area contributed by atoms with Gasteiger partial charge in [-0.3, -0.25) is 0 Å². The maximum atomic E-state index is 6.29. The Morgan fingerprint density at radius 2 is 2.00 bits per heavy atom. The fraction of sp³-hybridized carbons (Fsp3) is 0.625. The fourth-order valence-electron chi connectivity index (χ4n) is 1.99. The van der Waals surface area contributed by atoms with E-state index in [1.54, 1.807) is 0 Å². The normalized spacial score (nSPS) is 12.7. The Kier molecular flexibility index (Phi) is 7.25. The van der Waals surface area contributed by atoms with Crippen LogP contribution >= 0.6 is 11.6 Å². The van der Waals surface area contributed by atoms with Gasteiger partial charge in [0, 0.05) is 17.1 Å². The number of rotatable bonds is 8. The van der Waals surface area contributed by atoms with Gasteiger partial charge < -0.3 is 10.1 Å². The lowest BCUT2D eigenvalue weighted by Gasteiger charge is -2.18. The summed E-state index contributed by atoms with van der Waals surface area (Å²) < 4.78 is 6.00. The van der Waals surface area contributed by atoms with Crippen LogP contribution < -0.4 is 10.1 Å². The number of benzene rings is 1. The molecule has 3 heteroatoms. The molecule has 1 unspecified atom stereocenters. The van der Waals surface area contributed by atoms with E-state index in [-0.39, 0.29) is 6.10 Å². The van der Waals surface area contributed by atoms with Crippen LogP contribution in [0.3, 0.4) is 0 Å². The summed E-state index contributed by atoms with van der Waals surface area (Å²) in [5, 5.41) is 4.20. The monoisotopic (exact) mass is 283 g/mol. The van der Waals surface area contributed by atoms with Crippen LogP contribution in [0, 0.1) is 5.92 Å². The van der Waals surface area contributed by atoms with Crippen molar-refractivity contribution in [2.75, 3.05) is 6.54 Å². The summed E-state index contributed by atoms with van der Waals surface area (Å²) in [4.78, 5) is 0. The van der Waals surface area contributed by atoms with Crippen LogP contribution in [0.15, 0.2) is 18.2 Å². The first-order chi connectivity index (χ1) is 9.04. The van der Waals surface area contributed by atoms with E-state index >= 15 is 0 Å². The third kappa shape index (κ3) is 5.84. The molecule has 1 aromatic rings. The van der Waals surface area contributed by atoms with E-state index in [2.05, 4.69) is 33.0 Å². The second-order valence-corrected chi connectivity index (χ2v) is 5.87. The first kappa shape index (κ1) is 16.3. The Morgan fingerprint density at radius 3 is 2.63 bits per heavy atom. The van der Waals surface area contributed by atoms with Crippen LogP contribution in [0.5, 0.6) is 5.75 Å². The van der Waals surface area contributed by atoms with Crippen molar-refractivity contribution in [1.29, 1.82) is 0 Å². The van der Waals surface area contributed by atoms with Gasteiger partial charge in [0.25, 0.3) is 0 Å². The lowest BCUT2D eigenvalue weighted by molar-refractivity contribution is 0.207. The maximum Gasteiger partial charge on any atom is 0.125 e. The molecule has 19 heavy (non-hydrogen) atoms. The van der Waals surface area contributed by atoms with Crippen molar-refractivity contribution in [1.82, 2.24) is 5.32 Å². The van der Waals surface area contributed by atoms with Gasteiger partial charge >= 0.3 is 0 Å². The molecule has 0 saturated heterocycles. The maximum absolute atomic E-state index is 6.29. The molecule has 0 aliphatic heterocycles. The molecule has 0 aliphatic rings. The van der Waals surface area contributed by atoms with Crippen molar-refractivity contribution in [3.8, 4) is 5.75 Å². The smallest absolute Gasteiger partial charge is 0.125 e. The van der Waals surface area contributed by atoms with Crippen molar-refractivity contribution < 1.29 is 4.74 Å². The van der Waals surface area contributed by atoms with Gasteiger partial charge in [0.15, 0.2) is 0 Å². The van der Waals surface area contributed by atoms with E-state index in [1.165, 1.54) is 0 Å². The van der Waals surface area contributed by atoms with Gasteiger partial charge in [-0.15, -0.1) is 0 Å². The minimum absolute atomic E-state index is 0.229. The number of ether oxygens (including phenoxy) is 1. The Morgan fingerprint density at radius 1 is 1.26 bits per heavy atom. The van der Waals surface area contributed by atoms with E-state index < -0.39 is 0 Å². The van der Waals surface area contributed by atoms with E-state index in [0.717, 1.165) is 42.3 Å². The summed E-state index contributed by atoms with van der Waals surface area (Å²) in [6, 6.07) is 5.87. The van der Waals surface area contributed by atoms with Crippen molar-refractivity contribution in [3.63, 3.8) is 0 Å². The van der Waals surface area contributed by atoms with Gasteiger partial charge in [0.05, 0.1) is 6.10 Å². The highest BCUT2D eigenvalue weighted by atomic mass is 35.5. The predicted molar refractivity (Wildman–Crippen MR) is 83.0 cm³/mol. The van der Waals surface area contributed by atoms with Crippen LogP contribution in [-0.4, -0.2) is 12.6 Å². The minimum Gasteiger partial charge on any atom is -0.490 e. The highest BCUT2D eigenvalue weighted by Gasteiger charge is 2.11. The fourth-order valence-corrected chi connectivity index (χ4v) is 2.22. The second kappa shape index (κ2) is 8.44. The second-order valence-electron chi connectivity index (χ2n) is 5.46. The number of nitrogens with one attached hydrogen (secondary N) is 1. The average molecular weight is 284 g/mol. The van der Waals surface area contributed by atoms with Gasteiger partial charge in [-0.1, -0.05) is 44.9 Å². The highest BCUT2D eigenvalue weighted by molar-refractivity contribution is 6.31. The first-order valence-corrected chi connectivity index (χ1v) is 7.57. The molecule has 1 N–H and O–H groups in total. The molecule has 2 nitrogen and oxygen atoms in total.